The van der Waals surface area contributed by atoms with E-state index in [1.165, 1.54) is 24.9 Å². The Hall–Kier alpha value is -1.75. The van der Waals surface area contributed by atoms with Gasteiger partial charge in [0.2, 0.25) is 11.9 Å². The SMILES string of the molecule is CC(=O)OCOC=C1C(=O)SCc2ccccc21. The first-order valence-electron chi connectivity index (χ1n) is 5.39. The number of fused-ring (bicyclic) bond motifs is 1. The number of carbonyl (C=O) groups excluding carboxylic acids is 2. The summed E-state index contributed by atoms with van der Waals surface area (Å²) in [7, 11) is 0. The van der Waals surface area contributed by atoms with Crippen molar-refractivity contribution in [1.29, 1.82) is 0 Å². The predicted molar refractivity (Wildman–Crippen MR) is 68.4 cm³/mol. The van der Waals surface area contributed by atoms with Crippen molar-refractivity contribution in [2.75, 3.05) is 6.79 Å². The van der Waals surface area contributed by atoms with Crippen LogP contribution >= 0.6 is 11.8 Å². The van der Waals surface area contributed by atoms with E-state index >= 15 is 0 Å². The fourth-order valence-electron chi connectivity index (χ4n) is 1.59. The summed E-state index contributed by atoms with van der Waals surface area (Å²) >= 11 is 1.24. The number of benzene rings is 1. The van der Waals surface area contributed by atoms with E-state index in [1.807, 2.05) is 24.3 Å². The number of thioether (sulfide) groups is 1. The molecular formula is C13H12O4S. The second-order valence-electron chi connectivity index (χ2n) is 3.69. The molecule has 1 heterocycles. The molecule has 0 atom stereocenters. The Bertz CT molecular complexity index is 507. The zero-order valence-electron chi connectivity index (χ0n) is 9.84. The average Bonchev–Trinajstić information content (AvgIpc) is 2.36. The molecule has 1 aromatic carbocycles. The number of hydrogen-bond acceptors (Lipinski definition) is 5. The lowest BCUT2D eigenvalue weighted by Gasteiger charge is -2.16. The van der Waals surface area contributed by atoms with E-state index in [0.717, 1.165) is 11.1 Å². The summed E-state index contributed by atoms with van der Waals surface area (Å²) in [4.78, 5) is 22.4. The second-order valence-corrected chi connectivity index (χ2v) is 4.63. The van der Waals surface area contributed by atoms with Crippen LogP contribution in [0.4, 0.5) is 0 Å². The molecule has 0 unspecified atom stereocenters. The third-order valence-electron chi connectivity index (χ3n) is 2.42. The topological polar surface area (TPSA) is 52.6 Å². The van der Waals surface area contributed by atoms with Crippen molar-refractivity contribution in [3.63, 3.8) is 0 Å². The van der Waals surface area contributed by atoms with E-state index in [0.29, 0.717) is 11.3 Å². The van der Waals surface area contributed by atoms with Gasteiger partial charge in [-0.3, -0.25) is 9.59 Å². The first-order chi connectivity index (χ1) is 8.68. The van der Waals surface area contributed by atoms with E-state index in [4.69, 9.17) is 4.74 Å². The van der Waals surface area contributed by atoms with Gasteiger partial charge in [-0.2, -0.15) is 0 Å². The summed E-state index contributed by atoms with van der Waals surface area (Å²) in [6.07, 6.45) is 1.36. The Balaban J connectivity index is 2.13. The molecule has 94 valence electrons. The molecule has 1 aliphatic rings. The summed E-state index contributed by atoms with van der Waals surface area (Å²) in [5.74, 6) is 0.258. The zero-order valence-corrected chi connectivity index (χ0v) is 10.7. The Labute approximate surface area is 109 Å². The fraction of sp³-hybridized carbons (Fsp3) is 0.231. The summed E-state index contributed by atoms with van der Waals surface area (Å²) in [6.45, 7) is 1.12. The van der Waals surface area contributed by atoms with Crippen LogP contribution in [0.25, 0.3) is 5.57 Å². The van der Waals surface area contributed by atoms with Gasteiger partial charge >= 0.3 is 5.97 Å². The molecule has 2 rings (SSSR count). The van der Waals surface area contributed by atoms with Crippen molar-refractivity contribution >= 4 is 28.4 Å². The van der Waals surface area contributed by atoms with Crippen LogP contribution in [0.3, 0.4) is 0 Å². The summed E-state index contributed by atoms with van der Waals surface area (Å²) < 4.78 is 9.70. The van der Waals surface area contributed by atoms with Gasteiger partial charge in [-0.05, 0) is 11.1 Å². The van der Waals surface area contributed by atoms with Crippen molar-refractivity contribution in [1.82, 2.24) is 0 Å². The molecular weight excluding hydrogens is 252 g/mol. The molecule has 0 spiro atoms. The Morgan fingerprint density at radius 1 is 1.44 bits per heavy atom. The Morgan fingerprint density at radius 3 is 3.00 bits per heavy atom. The molecule has 0 fully saturated rings. The molecule has 1 aliphatic heterocycles. The van der Waals surface area contributed by atoms with Gasteiger partial charge in [0.15, 0.2) is 0 Å². The lowest BCUT2D eigenvalue weighted by Crippen LogP contribution is -2.08. The van der Waals surface area contributed by atoms with Gasteiger partial charge in [-0.15, -0.1) is 0 Å². The van der Waals surface area contributed by atoms with Crippen LogP contribution in [-0.2, 0) is 24.8 Å². The monoisotopic (exact) mass is 264 g/mol. The highest BCUT2D eigenvalue weighted by Gasteiger charge is 2.22. The van der Waals surface area contributed by atoms with Gasteiger partial charge in [0.05, 0.1) is 11.8 Å². The maximum absolute atomic E-state index is 11.8. The van der Waals surface area contributed by atoms with Gasteiger partial charge in [0.25, 0.3) is 0 Å². The predicted octanol–water partition coefficient (Wildman–Crippen LogP) is 2.34. The quantitative estimate of drug-likeness (QED) is 0.276. The third-order valence-corrected chi connectivity index (χ3v) is 3.36. The highest BCUT2D eigenvalue weighted by atomic mass is 32.2. The Morgan fingerprint density at radius 2 is 2.22 bits per heavy atom. The van der Waals surface area contributed by atoms with Crippen LogP contribution in [0.5, 0.6) is 0 Å². The van der Waals surface area contributed by atoms with Crippen LogP contribution in [0.15, 0.2) is 30.5 Å². The molecule has 0 N–H and O–H groups in total. The van der Waals surface area contributed by atoms with Crippen molar-refractivity contribution in [3.8, 4) is 0 Å². The summed E-state index contributed by atoms with van der Waals surface area (Å²) in [5.41, 5.74) is 2.49. The maximum atomic E-state index is 11.8. The van der Waals surface area contributed by atoms with Crippen LogP contribution in [0.2, 0.25) is 0 Å². The fourth-order valence-corrected chi connectivity index (χ4v) is 2.44. The second kappa shape index (κ2) is 5.73. The molecule has 0 radical (unpaired) electrons. The minimum absolute atomic E-state index is 0.0310. The third kappa shape index (κ3) is 2.92. The first-order valence-corrected chi connectivity index (χ1v) is 6.37. The smallest absolute Gasteiger partial charge is 0.305 e. The van der Waals surface area contributed by atoms with E-state index in [-0.39, 0.29) is 11.9 Å². The number of hydrogen-bond donors (Lipinski definition) is 0. The van der Waals surface area contributed by atoms with Gasteiger partial charge in [-0.25, -0.2) is 0 Å². The first kappa shape index (κ1) is 12.7. The summed E-state index contributed by atoms with van der Waals surface area (Å²) in [5, 5.41) is -0.0310. The van der Waals surface area contributed by atoms with Crippen LogP contribution < -0.4 is 0 Å². The van der Waals surface area contributed by atoms with Crippen molar-refractivity contribution in [2.24, 2.45) is 0 Å². The molecule has 1 aromatic rings. The molecule has 0 bridgehead atoms. The zero-order chi connectivity index (χ0) is 13.0. The summed E-state index contributed by atoms with van der Waals surface area (Å²) in [6, 6.07) is 7.68. The van der Waals surface area contributed by atoms with Crippen molar-refractivity contribution in [2.45, 2.75) is 12.7 Å². The van der Waals surface area contributed by atoms with Crippen molar-refractivity contribution in [3.05, 3.63) is 41.7 Å². The standard InChI is InChI=1S/C13H12O4S/c1-9(14)17-8-16-6-12-11-5-3-2-4-10(11)7-18-13(12)15/h2-6H,7-8H2,1H3. The van der Waals surface area contributed by atoms with Gasteiger partial charge in [-0.1, -0.05) is 36.0 Å². The molecule has 4 nitrogen and oxygen atoms in total. The number of carbonyl (C=O) groups is 2. The van der Waals surface area contributed by atoms with E-state index < -0.39 is 5.97 Å². The van der Waals surface area contributed by atoms with Gasteiger partial charge in [0, 0.05) is 12.7 Å². The molecule has 0 aromatic heterocycles. The van der Waals surface area contributed by atoms with E-state index in [2.05, 4.69) is 4.74 Å². The molecule has 0 amide bonds. The molecule has 18 heavy (non-hydrogen) atoms. The number of rotatable bonds is 3. The van der Waals surface area contributed by atoms with Gasteiger partial charge in [0.1, 0.15) is 0 Å². The molecule has 5 heteroatoms. The Kier molecular flexibility index (Phi) is 4.04. The van der Waals surface area contributed by atoms with Gasteiger partial charge < -0.3 is 9.47 Å². The maximum Gasteiger partial charge on any atom is 0.305 e. The lowest BCUT2D eigenvalue weighted by molar-refractivity contribution is -0.149. The highest BCUT2D eigenvalue weighted by molar-refractivity contribution is 8.14. The molecule has 0 aliphatic carbocycles. The van der Waals surface area contributed by atoms with Crippen LogP contribution in [0, 0.1) is 0 Å². The lowest BCUT2D eigenvalue weighted by atomic mass is 10.0. The van der Waals surface area contributed by atoms with Crippen LogP contribution in [0.1, 0.15) is 18.1 Å². The van der Waals surface area contributed by atoms with Crippen LogP contribution in [-0.4, -0.2) is 17.9 Å². The molecule has 0 saturated carbocycles. The minimum atomic E-state index is -0.418. The highest BCUT2D eigenvalue weighted by Crippen LogP contribution is 2.33. The number of esters is 1. The number of ether oxygens (including phenoxy) is 2. The largest absolute Gasteiger partial charge is 0.464 e. The minimum Gasteiger partial charge on any atom is -0.464 e. The molecule has 0 saturated heterocycles. The van der Waals surface area contributed by atoms with E-state index in [9.17, 15) is 9.59 Å². The van der Waals surface area contributed by atoms with E-state index in [1.54, 1.807) is 0 Å². The van der Waals surface area contributed by atoms with Crippen molar-refractivity contribution < 1.29 is 19.1 Å². The normalized spacial score (nSPS) is 16.3. The average molecular weight is 264 g/mol.